The van der Waals surface area contributed by atoms with E-state index in [0.717, 1.165) is 0 Å². The van der Waals surface area contributed by atoms with Crippen LogP contribution in [-0.4, -0.2) is 23.9 Å². The first-order valence-corrected chi connectivity index (χ1v) is 7.75. The Balaban J connectivity index is 2.37. The minimum atomic E-state index is -4.62. The summed E-state index contributed by atoms with van der Waals surface area (Å²) in [7, 11) is 0. The number of anilines is 2. The molecule has 2 aromatic rings. The molecule has 0 amide bonds. The molecule has 130 valence electrons. The van der Waals surface area contributed by atoms with Crippen LogP contribution in [0, 0.1) is 11.5 Å². The third-order valence-electron chi connectivity index (χ3n) is 4.32. The molecule has 0 N–H and O–H groups in total. The van der Waals surface area contributed by atoms with E-state index >= 15 is 0 Å². The lowest BCUT2D eigenvalue weighted by Crippen LogP contribution is -2.51. The number of rotatable bonds is 3. The van der Waals surface area contributed by atoms with Gasteiger partial charge in [-0.1, -0.05) is 18.2 Å². The van der Waals surface area contributed by atoms with Crippen LogP contribution in [0.5, 0.6) is 0 Å². The van der Waals surface area contributed by atoms with Crippen LogP contribution in [0.15, 0.2) is 42.7 Å². The summed E-state index contributed by atoms with van der Waals surface area (Å²) in [6.07, 6.45) is -0.444. The quantitative estimate of drug-likeness (QED) is 0.777. The molecule has 0 saturated carbocycles. The molecule has 1 aromatic heterocycles. The third-order valence-corrected chi connectivity index (χ3v) is 4.32. The van der Waals surface area contributed by atoms with Crippen LogP contribution in [0.1, 0.15) is 25.0 Å². The van der Waals surface area contributed by atoms with E-state index in [1.165, 1.54) is 41.6 Å². The van der Waals surface area contributed by atoms with Crippen molar-refractivity contribution in [2.24, 2.45) is 0 Å². The minimum absolute atomic E-state index is 0.00315. The van der Waals surface area contributed by atoms with Gasteiger partial charge >= 0.3 is 6.18 Å². The highest BCUT2D eigenvalue weighted by atomic mass is 19.4. The molecule has 1 aromatic carbocycles. The monoisotopic (exact) mass is 347 g/mol. The van der Waals surface area contributed by atoms with E-state index in [4.69, 9.17) is 4.74 Å². The SMILES string of the molecule is CC(C)OCC1(C(F)(F)F)c2ccccc2N(C#N)c2cnccc21. The second-order valence-electron chi connectivity index (χ2n) is 6.11. The van der Waals surface area contributed by atoms with Crippen molar-refractivity contribution in [2.75, 3.05) is 11.5 Å². The zero-order valence-corrected chi connectivity index (χ0v) is 13.7. The Hall–Kier alpha value is -2.59. The standard InChI is InChI=1S/C18H16F3N3O/c1-12(2)25-10-17(18(19,20)21)13-5-3-4-6-15(13)24(11-22)16-9-23-8-7-14(16)17/h3-9,12H,10H2,1-2H3. The molecular weight excluding hydrogens is 331 g/mol. The molecule has 1 unspecified atom stereocenters. The minimum Gasteiger partial charge on any atom is -0.377 e. The first kappa shape index (κ1) is 17.2. The molecule has 7 heteroatoms. The average molecular weight is 347 g/mol. The van der Waals surface area contributed by atoms with E-state index in [-0.39, 0.29) is 28.6 Å². The smallest absolute Gasteiger partial charge is 0.377 e. The average Bonchev–Trinajstić information content (AvgIpc) is 2.57. The van der Waals surface area contributed by atoms with Gasteiger partial charge in [-0.15, -0.1) is 0 Å². The Morgan fingerprint density at radius 2 is 1.88 bits per heavy atom. The summed E-state index contributed by atoms with van der Waals surface area (Å²) >= 11 is 0. The Kier molecular flexibility index (Phi) is 4.17. The first-order chi connectivity index (χ1) is 11.8. The van der Waals surface area contributed by atoms with Gasteiger partial charge < -0.3 is 4.74 Å². The predicted molar refractivity (Wildman–Crippen MR) is 86.4 cm³/mol. The molecule has 0 saturated heterocycles. The summed E-state index contributed by atoms with van der Waals surface area (Å²) in [5, 5.41) is 9.51. The molecule has 0 radical (unpaired) electrons. The van der Waals surface area contributed by atoms with Crippen molar-refractivity contribution in [3.05, 3.63) is 53.9 Å². The fourth-order valence-electron chi connectivity index (χ4n) is 3.17. The van der Waals surface area contributed by atoms with Crippen molar-refractivity contribution in [3.63, 3.8) is 0 Å². The van der Waals surface area contributed by atoms with Crippen molar-refractivity contribution in [1.29, 1.82) is 5.26 Å². The number of halogens is 3. The summed E-state index contributed by atoms with van der Waals surface area (Å²) < 4.78 is 48.8. The Morgan fingerprint density at radius 1 is 1.20 bits per heavy atom. The van der Waals surface area contributed by atoms with Gasteiger partial charge in [0.25, 0.3) is 0 Å². The van der Waals surface area contributed by atoms with Crippen molar-refractivity contribution < 1.29 is 17.9 Å². The van der Waals surface area contributed by atoms with Gasteiger partial charge in [-0.05, 0) is 31.5 Å². The maximum atomic E-state index is 14.4. The Labute approximate surface area is 143 Å². The molecule has 1 aliphatic heterocycles. The number of nitrogens with zero attached hydrogens (tertiary/aromatic N) is 3. The van der Waals surface area contributed by atoms with Crippen LogP contribution in [0.25, 0.3) is 0 Å². The van der Waals surface area contributed by atoms with Gasteiger partial charge in [0, 0.05) is 11.8 Å². The lowest BCUT2D eigenvalue weighted by molar-refractivity contribution is -0.195. The maximum Gasteiger partial charge on any atom is 0.404 e. The predicted octanol–water partition coefficient (Wildman–Crippen LogP) is 4.29. The van der Waals surface area contributed by atoms with Crippen LogP contribution >= 0.6 is 0 Å². The number of ether oxygens (including phenoxy) is 1. The number of nitriles is 1. The molecule has 0 fully saturated rings. The summed E-state index contributed by atoms with van der Waals surface area (Å²) in [5.74, 6) is 0. The molecule has 25 heavy (non-hydrogen) atoms. The Bertz CT molecular complexity index is 779. The maximum absolute atomic E-state index is 14.4. The fourth-order valence-corrected chi connectivity index (χ4v) is 3.17. The number of aromatic nitrogens is 1. The zero-order chi connectivity index (χ0) is 18.2. The summed E-state index contributed by atoms with van der Waals surface area (Å²) in [6.45, 7) is 2.81. The number of alkyl halides is 3. The highest BCUT2D eigenvalue weighted by Crippen LogP contribution is 2.56. The molecular formula is C18H16F3N3O. The molecule has 1 aliphatic rings. The van der Waals surface area contributed by atoms with E-state index in [1.54, 1.807) is 19.9 Å². The molecule has 1 atom stereocenters. The van der Waals surface area contributed by atoms with Crippen LogP contribution in [0.2, 0.25) is 0 Å². The topological polar surface area (TPSA) is 49.1 Å². The van der Waals surface area contributed by atoms with Gasteiger partial charge in [-0.25, -0.2) is 4.90 Å². The molecule has 0 aliphatic carbocycles. The van der Waals surface area contributed by atoms with Gasteiger partial charge in [0.1, 0.15) is 5.41 Å². The zero-order valence-electron chi connectivity index (χ0n) is 13.7. The van der Waals surface area contributed by atoms with Gasteiger partial charge in [-0.2, -0.15) is 18.4 Å². The number of hydrogen-bond acceptors (Lipinski definition) is 4. The number of para-hydroxylation sites is 1. The largest absolute Gasteiger partial charge is 0.404 e. The normalized spacial score (nSPS) is 19.3. The van der Waals surface area contributed by atoms with E-state index in [0.29, 0.717) is 0 Å². The lowest BCUT2D eigenvalue weighted by Gasteiger charge is -2.43. The van der Waals surface area contributed by atoms with Crippen LogP contribution in [0.4, 0.5) is 24.5 Å². The van der Waals surface area contributed by atoms with E-state index < -0.39 is 18.2 Å². The van der Waals surface area contributed by atoms with Crippen molar-refractivity contribution in [2.45, 2.75) is 31.5 Å². The summed E-state index contributed by atoms with van der Waals surface area (Å²) in [6, 6.07) is 7.36. The van der Waals surface area contributed by atoms with Gasteiger partial charge in [0.2, 0.25) is 0 Å². The second-order valence-corrected chi connectivity index (χ2v) is 6.11. The number of fused-ring (bicyclic) bond motifs is 2. The van der Waals surface area contributed by atoms with Crippen LogP contribution in [0.3, 0.4) is 0 Å². The molecule has 4 nitrogen and oxygen atoms in total. The second kappa shape index (κ2) is 6.05. The number of pyridine rings is 1. The van der Waals surface area contributed by atoms with Crippen molar-refractivity contribution in [3.8, 4) is 6.19 Å². The van der Waals surface area contributed by atoms with E-state index in [1.807, 2.05) is 6.19 Å². The highest BCUT2D eigenvalue weighted by molar-refractivity contribution is 5.80. The van der Waals surface area contributed by atoms with E-state index in [2.05, 4.69) is 4.98 Å². The third kappa shape index (κ3) is 2.53. The van der Waals surface area contributed by atoms with Gasteiger partial charge in [-0.3, -0.25) is 4.98 Å². The lowest BCUT2D eigenvalue weighted by atomic mass is 9.71. The van der Waals surface area contributed by atoms with Crippen LogP contribution in [-0.2, 0) is 10.2 Å². The highest BCUT2D eigenvalue weighted by Gasteiger charge is 2.61. The van der Waals surface area contributed by atoms with Gasteiger partial charge in [0.05, 0.1) is 30.3 Å². The fraction of sp³-hybridized carbons (Fsp3) is 0.333. The Morgan fingerprint density at radius 3 is 2.52 bits per heavy atom. The molecule has 0 bridgehead atoms. The number of benzene rings is 1. The van der Waals surface area contributed by atoms with E-state index in [9.17, 15) is 18.4 Å². The number of hydrogen-bond donors (Lipinski definition) is 0. The van der Waals surface area contributed by atoms with Gasteiger partial charge in [0.15, 0.2) is 6.19 Å². The first-order valence-electron chi connectivity index (χ1n) is 7.75. The van der Waals surface area contributed by atoms with Crippen molar-refractivity contribution >= 4 is 11.4 Å². The summed E-state index contributed by atoms with van der Waals surface area (Å²) in [4.78, 5) is 5.09. The molecule has 0 spiro atoms. The summed E-state index contributed by atoms with van der Waals surface area (Å²) in [5.41, 5.74) is -2.08. The molecule has 3 rings (SSSR count). The van der Waals surface area contributed by atoms with Crippen molar-refractivity contribution in [1.82, 2.24) is 4.98 Å². The van der Waals surface area contributed by atoms with Crippen LogP contribution < -0.4 is 4.90 Å². The molecule has 2 heterocycles.